The molecule has 1 atom stereocenters. The maximum Gasteiger partial charge on any atom is 0.245 e. The van der Waals surface area contributed by atoms with Crippen LogP contribution in [0.15, 0.2) is 67.0 Å². The third-order valence-corrected chi connectivity index (χ3v) is 7.92. The molecule has 43 heavy (non-hydrogen) atoms. The van der Waals surface area contributed by atoms with Gasteiger partial charge in [-0.2, -0.15) is 5.10 Å². The van der Waals surface area contributed by atoms with Crippen LogP contribution in [0.1, 0.15) is 38.2 Å². The number of benzene rings is 2. The molecule has 1 N–H and O–H groups in total. The van der Waals surface area contributed by atoms with Gasteiger partial charge >= 0.3 is 0 Å². The van der Waals surface area contributed by atoms with Crippen molar-refractivity contribution in [3.63, 3.8) is 0 Å². The summed E-state index contributed by atoms with van der Waals surface area (Å²) in [7, 11) is 1.56. The van der Waals surface area contributed by atoms with Crippen LogP contribution < -0.4 is 10.1 Å². The molecule has 1 aliphatic carbocycles. The first kappa shape index (κ1) is 30.2. The van der Waals surface area contributed by atoms with Crippen molar-refractivity contribution in [3.8, 4) is 28.5 Å². The van der Waals surface area contributed by atoms with E-state index in [4.69, 9.17) is 26.4 Å². The molecule has 224 valence electrons. The monoisotopic (exact) mass is 604 g/mol. The van der Waals surface area contributed by atoms with Crippen LogP contribution >= 0.6 is 11.6 Å². The molecule has 2 aromatic heterocycles. The van der Waals surface area contributed by atoms with Crippen LogP contribution in [0.25, 0.3) is 22.8 Å². The summed E-state index contributed by atoms with van der Waals surface area (Å²) in [4.78, 5) is 37.0. The highest BCUT2D eigenvalue weighted by Gasteiger charge is 2.32. The second kappa shape index (κ2) is 13.8. The molecule has 11 heteroatoms. The number of pyridine rings is 1. The predicted molar refractivity (Wildman–Crippen MR) is 162 cm³/mol. The number of nitrogens with one attached hydrogen (secondary N) is 1. The second-order valence-corrected chi connectivity index (χ2v) is 11.0. The van der Waals surface area contributed by atoms with Crippen molar-refractivity contribution in [2.24, 2.45) is 0 Å². The summed E-state index contributed by atoms with van der Waals surface area (Å²) in [5.41, 5.74) is 2.19. The maximum absolute atomic E-state index is 14.1. The van der Waals surface area contributed by atoms with Crippen LogP contribution in [0.2, 0.25) is 5.02 Å². The highest BCUT2D eigenvalue weighted by molar-refractivity contribution is 6.32. The Balaban J connectivity index is 1.46. The van der Waals surface area contributed by atoms with Gasteiger partial charge in [0, 0.05) is 49.5 Å². The lowest BCUT2D eigenvalue weighted by molar-refractivity contribution is -0.138. The third-order valence-electron chi connectivity index (χ3n) is 7.63. The van der Waals surface area contributed by atoms with E-state index in [1.165, 1.54) is 19.1 Å². The molecule has 0 aliphatic heterocycles. The van der Waals surface area contributed by atoms with Crippen molar-refractivity contribution >= 4 is 23.4 Å². The Hall–Kier alpha value is -4.31. The fourth-order valence-corrected chi connectivity index (χ4v) is 5.83. The quantitative estimate of drug-likeness (QED) is 0.248. The lowest BCUT2D eigenvalue weighted by Gasteiger charge is -2.33. The topological polar surface area (TPSA) is 102 Å². The number of aromatic nitrogens is 4. The van der Waals surface area contributed by atoms with Crippen molar-refractivity contribution in [1.29, 1.82) is 0 Å². The van der Waals surface area contributed by atoms with Gasteiger partial charge in [0.2, 0.25) is 11.8 Å². The molecule has 5 rings (SSSR count). The zero-order valence-corrected chi connectivity index (χ0v) is 24.9. The van der Waals surface area contributed by atoms with Gasteiger partial charge in [-0.1, -0.05) is 36.6 Å². The van der Waals surface area contributed by atoms with E-state index in [-0.39, 0.29) is 30.1 Å². The molecule has 9 nitrogen and oxygen atoms in total. The third kappa shape index (κ3) is 7.37. The number of carbonyl (C=O) groups is 2. The van der Waals surface area contributed by atoms with E-state index < -0.39 is 6.04 Å². The van der Waals surface area contributed by atoms with Gasteiger partial charge in [0.05, 0.1) is 18.7 Å². The maximum atomic E-state index is 14.1. The predicted octanol–water partition coefficient (Wildman–Crippen LogP) is 5.33. The average molecular weight is 605 g/mol. The van der Waals surface area contributed by atoms with E-state index >= 15 is 0 Å². The van der Waals surface area contributed by atoms with E-state index in [0.29, 0.717) is 41.1 Å². The number of rotatable bonds is 11. The number of carbonyl (C=O) groups excluding carboxylic acids is 2. The Morgan fingerprint density at radius 1 is 1.12 bits per heavy atom. The van der Waals surface area contributed by atoms with Crippen LogP contribution in [0, 0.1) is 5.82 Å². The molecule has 2 amide bonds. The van der Waals surface area contributed by atoms with E-state index in [1.807, 2.05) is 23.1 Å². The van der Waals surface area contributed by atoms with Gasteiger partial charge in [0.1, 0.15) is 17.6 Å². The minimum atomic E-state index is -0.831. The zero-order chi connectivity index (χ0) is 30.3. The highest BCUT2D eigenvalue weighted by Crippen LogP contribution is 2.31. The molecule has 0 saturated heterocycles. The van der Waals surface area contributed by atoms with Crippen molar-refractivity contribution in [1.82, 2.24) is 30.0 Å². The summed E-state index contributed by atoms with van der Waals surface area (Å²) in [5.74, 6) is 0.749. The highest BCUT2D eigenvalue weighted by atomic mass is 35.5. The van der Waals surface area contributed by atoms with E-state index in [1.54, 1.807) is 48.5 Å². The Morgan fingerprint density at radius 3 is 2.56 bits per heavy atom. The lowest BCUT2D eigenvalue weighted by atomic mass is 10.0. The van der Waals surface area contributed by atoms with Crippen molar-refractivity contribution in [2.75, 3.05) is 13.7 Å². The first-order chi connectivity index (χ1) is 20.8. The van der Waals surface area contributed by atoms with Gasteiger partial charge in [-0.15, -0.1) is 0 Å². The number of amides is 2. The summed E-state index contributed by atoms with van der Waals surface area (Å²) >= 11 is 6.46. The van der Waals surface area contributed by atoms with E-state index in [9.17, 15) is 14.0 Å². The number of methoxy groups -OCH3 is 1. The second-order valence-electron chi connectivity index (χ2n) is 10.6. The normalized spacial score (nSPS) is 14.0. The molecular formula is C32H34ClFN6O3. The number of hydrogen-bond donors (Lipinski definition) is 1. The number of hydrogen-bond acceptors (Lipinski definition) is 6. The molecule has 1 saturated carbocycles. The summed E-state index contributed by atoms with van der Waals surface area (Å²) < 4.78 is 21.1. The summed E-state index contributed by atoms with van der Waals surface area (Å²) in [5, 5.41) is 8.06. The summed E-state index contributed by atoms with van der Waals surface area (Å²) in [6.45, 7) is 2.08. The molecule has 0 unspecified atom stereocenters. The van der Waals surface area contributed by atoms with Crippen LogP contribution in [0.4, 0.5) is 4.39 Å². The number of nitrogens with zero attached hydrogens (tertiary/aromatic N) is 5. The van der Waals surface area contributed by atoms with Crippen LogP contribution in [0.5, 0.6) is 5.75 Å². The Morgan fingerprint density at radius 2 is 1.88 bits per heavy atom. The molecule has 0 bridgehead atoms. The molecule has 2 heterocycles. The average Bonchev–Trinajstić information content (AvgIpc) is 3.68. The van der Waals surface area contributed by atoms with Crippen LogP contribution in [-0.2, 0) is 22.6 Å². The fraction of sp³-hybridized carbons (Fsp3) is 0.344. The van der Waals surface area contributed by atoms with Crippen molar-refractivity contribution in [2.45, 2.75) is 57.7 Å². The zero-order valence-electron chi connectivity index (χ0n) is 24.2. The molecule has 4 aromatic rings. The van der Waals surface area contributed by atoms with E-state index in [2.05, 4.69) is 10.3 Å². The molecule has 2 aromatic carbocycles. The molecule has 0 radical (unpaired) electrons. The minimum Gasteiger partial charge on any atom is -0.495 e. The minimum absolute atomic E-state index is 0.0262. The largest absolute Gasteiger partial charge is 0.495 e. The van der Waals surface area contributed by atoms with Crippen molar-refractivity contribution < 1.29 is 18.7 Å². The number of halogens is 2. The van der Waals surface area contributed by atoms with Gasteiger partial charge in [-0.05, 0) is 60.9 Å². The lowest BCUT2D eigenvalue weighted by Crippen LogP contribution is -2.52. The smallest absolute Gasteiger partial charge is 0.245 e. The van der Waals surface area contributed by atoms with Gasteiger partial charge in [0.15, 0.2) is 11.6 Å². The number of ether oxygens (including phenoxy) is 1. The van der Waals surface area contributed by atoms with Crippen LogP contribution in [-0.4, -0.2) is 62.2 Å². The Kier molecular flexibility index (Phi) is 9.66. The SMILES string of the molecule is COc1ccc(-c2nc(-c3ccncc3)nn2CCN(C(=O)[C@H](Cc2cccc(F)c2)NC(C)=O)C2CCCC2)cc1Cl. The summed E-state index contributed by atoms with van der Waals surface area (Å²) in [6, 6.07) is 14.4. The van der Waals surface area contributed by atoms with Crippen LogP contribution in [0.3, 0.4) is 0 Å². The first-order valence-corrected chi connectivity index (χ1v) is 14.7. The standard InChI is InChI=1S/C32H34ClFN6O3/c1-21(41)36-28(19-22-6-5-7-25(34)18-22)32(42)39(26-8-3-4-9-26)16-17-40-31(24-10-11-29(43-2)27(33)20-24)37-30(38-40)23-12-14-35-15-13-23/h5-7,10-15,18,20,26,28H,3-4,8-9,16-17,19H2,1-2H3,(H,36,41)/t28-/m0/s1. The fourth-order valence-electron chi connectivity index (χ4n) is 5.58. The summed E-state index contributed by atoms with van der Waals surface area (Å²) in [6.07, 6.45) is 7.34. The van der Waals surface area contributed by atoms with Gasteiger partial charge < -0.3 is 15.0 Å². The molecule has 1 aliphatic rings. The van der Waals surface area contributed by atoms with Gasteiger partial charge in [-0.3, -0.25) is 14.6 Å². The Labute approximate surface area is 255 Å². The van der Waals surface area contributed by atoms with Crippen molar-refractivity contribution in [3.05, 3.63) is 83.4 Å². The molecule has 1 fully saturated rings. The Bertz CT molecular complexity index is 1570. The van der Waals surface area contributed by atoms with Gasteiger partial charge in [-0.25, -0.2) is 14.1 Å². The molecular weight excluding hydrogens is 571 g/mol. The molecule has 0 spiro atoms. The van der Waals surface area contributed by atoms with Gasteiger partial charge in [0.25, 0.3) is 0 Å². The van der Waals surface area contributed by atoms with E-state index in [0.717, 1.165) is 36.8 Å². The first-order valence-electron chi connectivity index (χ1n) is 14.3.